The summed E-state index contributed by atoms with van der Waals surface area (Å²) >= 11 is 10.5. The van der Waals surface area contributed by atoms with Crippen LogP contribution in [0.1, 0.15) is 18.4 Å². The Balaban J connectivity index is 1.17. The molecular weight excluding hydrogens is 645 g/mol. The van der Waals surface area contributed by atoms with Crippen molar-refractivity contribution < 1.29 is 0 Å². The number of hydrogen-bond donors (Lipinski definition) is 2. The van der Waals surface area contributed by atoms with Crippen LogP contribution in [-0.4, -0.2) is 95.4 Å². The number of aryl methyl sites for hydroxylation is 1. The number of aromatic nitrogens is 4. The number of nitrogens with one attached hydrogen (secondary N) is 2. The monoisotopic (exact) mass is 681 g/mol. The fraction of sp³-hybridized carbons (Fsp3) is 0.419. The molecule has 2 N–H and O–H groups in total. The third-order valence-electron chi connectivity index (χ3n) is 8.45. The molecule has 4 aromatic rings. The Morgan fingerprint density at radius 2 is 1.67 bits per heavy atom. The molecule has 0 aliphatic carbocycles. The second kappa shape index (κ2) is 13.2. The van der Waals surface area contributed by atoms with Crippen molar-refractivity contribution in [3.05, 3.63) is 57.9 Å². The smallest absolute Gasteiger partial charge is 0.229 e. The highest BCUT2D eigenvalue weighted by molar-refractivity contribution is 9.10. The molecule has 2 aromatic heterocycles. The van der Waals surface area contributed by atoms with Crippen molar-refractivity contribution >= 4 is 80.6 Å². The topological polar surface area (TPSA) is 85.3 Å². The average molecular weight is 683 g/mol. The number of nitrogens with zero attached hydrogens (tertiary/aromatic N) is 7. The van der Waals surface area contributed by atoms with E-state index in [1.807, 2.05) is 12.1 Å². The van der Waals surface area contributed by atoms with Crippen molar-refractivity contribution in [2.24, 2.45) is 0 Å². The lowest BCUT2D eigenvalue weighted by molar-refractivity contribution is 0.0982. The molecule has 2 aliphatic rings. The summed E-state index contributed by atoms with van der Waals surface area (Å²) in [7, 11) is 1.76. The van der Waals surface area contributed by atoms with E-state index < -0.39 is 7.92 Å². The normalized spacial score (nSPS) is 17.1. The van der Waals surface area contributed by atoms with Crippen molar-refractivity contribution in [1.82, 2.24) is 29.7 Å². The van der Waals surface area contributed by atoms with E-state index in [9.17, 15) is 0 Å². The summed E-state index contributed by atoms with van der Waals surface area (Å²) in [6, 6.07) is 8.90. The van der Waals surface area contributed by atoms with Crippen LogP contribution in [0.25, 0.3) is 11.0 Å². The van der Waals surface area contributed by atoms with Crippen LogP contribution in [-0.2, 0) is 0 Å². The van der Waals surface area contributed by atoms with Gasteiger partial charge in [-0.15, -0.1) is 0 Å². The summed E-state index contributed by atoms with van der Waals surface area (Å²) in [5.41, 5.74) is 5.93. The van der Waals surface area contributed by atoms with Crippen LogP contribution in [0.15, 0.2) is 47.3 Å². The highest BCUT2D eigenvalue weighted by Gasteiger charge is 2.27. The van der Waals surface area contributed by atoms with E-state index in [0.717, 1.165) is 45.3 Å². The molecule has 0 radical (unpaired) electrons. The summed E-state index contributed by atoms with van der Waals surface area (Å²) in [4.78, 5) is 26.0. The number of rotatable bonds is 7. The van der Waals surface area contributed by atoms with Gasteiger partial charge in [0.25, 0.3) is 0 Å². The lowest BCUT2D eigenvalue weighted by Gasteiger charge is -2.43. The number of benzene rings is 2. The van der Waals surface area contributed by atoms with Crippen molar-refractivity contribution in [1.29, 1.82) is 0 Å². The largest absolute Gasteiger partial charge is 0.371 e. The minimum atomic E-state index is -0.459. The number of piperidine rings is 1. The maximum atomic E-state index is 6.85. The summed E-state index contributed by atoms with van der Waals surface area (Å²) in [5, 5.41) is 8.68. The SMILES string of the molecule is Cc1cc(Nc2ncc(Br)c(Nc3ccc4nccnc4c3P(C)C)n2)c(Cl)cc1N1CCC(N2CCN(C)CC2)CC1. The molecule has 0 atom stereocenters. The van der Waals surface area contributed by atoms with Crippen molar-refractivity contribution in [2.75, 3.05) is 75.2 Å². The maximum Gasteiger partial charge on any atom is 0.229 e. The molecule has 2 aliphatic heterocycles. The summed E-state index contributed by atoms with van der Waals surface area (Å²) < 4.78 is 0.761. The first kappa shape index (κ1) is 30.4. The second-order valence-corrected chi connectivity index (χ2v) is 15.1. The fourth-order valence-corrected chi connectivity index (χ4v) is 7.81. The standard InChI is InChI=1S/C31H38BrClN9P/c1-20-17-26(23(33)18-27(20)42-11-7-21(8-12-42)41-15-13-40(2)14-16-41)38-31-36-19-22(32)30(39-31)37-25-6-5-24-28(29(25)43(3)4)35-10-9-34-24/h5-6,9-10,17-19,21H,7-8,11-16H2,1-4H3,(H2,36,37,38,39). The number of hydrogen-bond acceptors (Lipinski definition) is 9. The summed E-state index contributed by atoms with van der Waals surface area (Å²) in [6.45, 7) is 13.4. The minimum absolute atomic E-state index is 0.459. The highest BCUT2D eigenvalue weighted by Crippen LogP contribution is 2.36. The molecule has 4 heterocycles. The molecule has 9 nitrogen and oxygen atoms in total. The zero-order valence-electron chi connectivity index (χ0n) is 25.1. The molecule has 226 valence electrons. The van der Waals surface area contributed by atoms with E-state index in [2.05, 4.69) is 95.6 Å². The lowest BCUT2D eigenvalue weighted by atomic mass is 10.0. The molecule has 0 spiro atoms. The zero-order chi connectivity index (χ0) is 30.1. The van der Waals surface area contributed by atoms with Gasteiger partial charge in [-0.3, -0.25) is 14.9 Å². The van der Waals surface area contributed by atoms with E-state index >= 15 is 0 Å². The number of anilines is 5. The van der Waals surface area contributed by atoms with Gasteiger partial charge in [0.05, 0.1) is 26.2 Å². The molecule has 0 bridgehead atoms. The first-order valence-electron chi connectivity index (χ1n) is 14.7. The predicted molar refractivity (Wildman–Crippen MR) is 185 cm³/mol. The summed E-state index contributed by atoms with van der Waals surface area (Å²) in [5.74, 6) is 1.12. The van der Waals surface area contributed by atoms with Gasteiger partial charge in [0.2, 0.25) is 5.95 Å². The van der Waals surface area contributed by atoms with Crippen LogP contribution in [0.4, 0.5) is 28.8 Å². The molecule has 0 unspecified atom stereocenters. The van der Waals surface area contributed by atoms with E-state index in [1.54, 1.807) is 18.6 Å². The third kappa shape index (κ3) is 6.74. The predicted octanol–water partition coefficient (Wildman–Crippen LogP) is 6.21. The number of halogens is 2. The number of fused-ring (bicyclic) bond motifs is 1. The van der Waals surface area contributed by atoms with Crippen molar-refractivity contribution in [2.45, 2.75) is 25.8 Å². The van der Waals surface area contributed by atoms with E-state index in [4.69, 9.17) is 16.6 Å². The third-order valence-corrected chi connectivity index (χ3v) is 10.7. The number of likely N-dealkylation sites (N-methyl/N-ethyl adjacent to an activating group) is 1. The van der Waals surface area contributed by atoms with E-state index in [1.165, 1.54) is 50.3 Å². The minimum Gasteiger partial charge on any atom is -0.371 e. The van der Waals surface area contributed by atoms with Crippen molar-refractivity contribution in [3.63, 3.8) is 0 Å². The molecule has 2 saturated heterocycles. The van der Waals surface area contributed by atoms with Crippen molar-refractivity contribution in [3.8, 4) is 0 Å². The van der Waals surface area contributed by atoms with Gasteiger partial charge in [-0.1, -0.05) is 19.5 Å². The Morgan fingerprint density at radius 3 is 2.42 bits per heavy atom. The first-order chi connectivity index (χ1) is 20.8. The van der Waals surface area contributed by atoms with Crippen LogP contribution in [0.2, 0.25) is 5.02 Å². The van der Waals surface area contributed by atoms with E-state index in [0.29, 0.717) is 22.8 Å². The van der Waals surface area contributed by atoms with Gasteiger partial charge in [0, 0.05) is 80.6 Å². The van der Waals surface area contributed by atoms with Crippen LogP contribution in [0, 0.1) is 6.92 Å². The van der Waals surface area contributed by atoms with Gasteiger partial charge in [0.1, 0.15) is 5.82 Å². The van der Waals surface area contributed by atoms with Gasteiger partial charge >= 0.3 is 0 Å². The Labute approximate surface area is 268 Å². The molecule has 2 fully saturated rings. The van der Waals surface area contributed by atoms with Gasteiger partial charge in [-0.2, -0.15) is 4.98 Å². The Kier molecular flexibility index (Phi) is 9.31. The van der Waals surface area contributed by atoms with Crippen LogP contribution < -0.4 is 20.8 Å². The van der Waals surface area contributed by atoms with Crippen LogP contribution in [0.5, 0.6) is 0 Å². The van der Waals surface area contributed by atoms with E-state index in [-0.39, 0.29) is 0 Å². The Bertz CT molecular complexity index is 1600. The molecule has 2 aromatic carbocycles. The van der Waals surface area contributed by atoms with Gasteiger partial charge in [-0.05, 0) is 85.9 Å². The second-order valence-electron chi connectivity index (χ2n) is 11.6. The first-order valence-corrected chi connectivity index (χ1v) is 18.1. The average Bonchev–Trinajstić information content (AvgIpc) is 3.00. The molecule has 43 heavy (non-hydrogen) atoms. The molecular formula is C31H38BrClN9P. The molecule has 12 heteroatoms. The van der Waals surface area contributed by atoms with Crippen LogP contribution >= 0.6 is 35.5 Å². The highest BCUT2D eigenvalue weighted by atomic mass is 79.9. The number of piperazine rings is 1. The van der Waals surface area contributed by atoms with Gasteiger partial charge in [-0.25, -0.2) is 4.98 Å². The molecule has 6 rings (SSSR count). The Morgan fingerprint density at radius 1 is 0.930 bits per heavy atom. The molecule has 0 amide bonds. The van der Waals surface area contributed by atoms with Crippen LogP contribution in [0.3, 0.4) is 0 Å². The zero-order valence-corrected chi connectivity index (χ0v) is 28.3. The Hall–Kier alpha value is -2.62. The lowest BCUT2D eigenvalue weighted by Crippen LogP contribution is -2.52. The molecule has 0 saturated carbocycles. The fourth-order valence-electron chi connectivity index (χ4n) is 6.11. The van der Waals surface area contributed by atoms with Gasteiger partial charge < -0.3 is 20.4 Å². The quantitative estimate of drug-likeness (QED) is 0.221. The maximum absolute atomic E-state index is 6.85. The van der Waals surface area contributed by atoms with Gasteiger partial charge in [0.15, 0.2) is 0 Å². The summed E-state index contributed by atoms with van der Waals surface area (Å²) in [6.07, 6.45) is 7.59.